The predicted molar refractivity (Wildman–Crippen MR) is 57.1 cm³/mol. The Labute approximate surface area is 86.6 Å². The highest BCUT2D eigenvalue weighted by Crippen LogP contribution is 2.32. The van der Waals surface area contributed by atoms with E-state index >= 15 is 0 Å². The zero-order valence-electron chi connectivity index (χ0n) is 9.28. The van der Waals surface area contributed by atoms with Gasteiger partial charge in [0, 0.05) is 25.2 Å². The second-order valence-electron chi connectivity index (χ2n) is 4.87. The van der Waals surface area contributed by atoms with Gasteiger partial charge in [-0.05, 0) is 39.2 Å². The van der Waals surface area contributed by atoms with Gasteiger partial charge in [0.15, 0.2) is 0 Å². The zero-order valence-corrected chi connectivity index (χ0v) is 9.28. The van der Waals surface area contributed by atoms with Crippen LogP contribution in [-0.2, 0) is 4.74 Å². The van der Waals surface area contributed by atoms with Gasteiger partial charge in [0.05, 0.1) is 6.10 Å². The monoisotopic (exact) mass is 198 g/mol. The molecule has 3 nitrogen and oxygen atoms in total. The first-order valence-corrected chi connectivity index (χ1v) is 5.76. The summed E-state index contributed by atoms with van der Waals surface area (Å²) < 4.78 is 5.56. The Morgan fingerprint density at radius 1 is 1.43 bits per heavy atom. The van der Waals surface area contributed by atoms with Gasteiger partial charge >= 0.3 is 0 Å². The quantitative estimate of drug-likeness (QED) is 0.727. The largest absolute Gasteiger partial charge is 0.377 e. The normalized spacial score (nSPS) is 35.1. The van der Waals surface area contributed by atoms with Gasteiger partial charge in [0.25, 0.3) is 0 Å². The van der Waals surface area contributed by atoms with Gasteiger partial charge in [-0.15, -0.1) is 0 Å². The van der Waals surface area contributed by atoms with Gasteiger partial charge in [-0.1, -0.05) is 0 Å². The van der Waals surface area contributed by atoms with E-state index in [4.69, 9.17) is 10.5 Å². The highest BCUT2D eigenvalue weighted by atomic mass is 16.5. The third-order valence-corrected chi connectivity index (χ3v) is 3.63. The maximum absolute atomic E-state index is 6.11. The van der Waals surface area contributed by atoms with Crippen LogP contribution in [0.5, 0.6) is 0 Å². The number of rotatable bonds is 4. The van der Waals surface area contributed by atoms with E-state index in [1.807, 2.05) is 0 Å². The third-order valence-electron chi connectivity index (χ3n) is 3.63. The minimum atomic E-state index is 0.381. The molecular weight excluding hydrogens is 176 g/mol. The molecule has 2 fully saturated rings. The first-order valence-electron chi connectivity index (χ1n) is 5.76. The maximum atomic E-state index is 6.11. The molecule has 0 aromatic heterocycles. The molecule has 1 aliphatic heterocycles. The molecule has 14 heavy (non-hydrogen) atoms. The van der Waals surface area contributed by atoms with Crippen LogP contribution < -0.4 is 5.73 Å². The van der Waals surface area contributed by atoms with Gasteiger partial charge in [0.1, 0.15) is 0 Å². The number of likely N-dealkylation sites (N-methyl/N-ethyl adjacent to an activating group) is 1. The molecule has 1 saturated heterocycles. The van der Waals surface area contributed by atoms with Gasteiger partial charge in [0.2, 0.25) is 0 Å². The Bertz CT molecular complexity index is 194. The van der Waals surface area contributed by atoms with Crippen molar-refractivity contribution in [3.8, 4) is 0 Å². The average molecular weight is 198 g/mol. The van der Waals surface area contributed by atoms with Crippen LogP contribution in [0.4, 0.5) is 0 Å². The summed E-state index contributed by atoms with van der Waals surface area (Å²) in [6.45, 7) is 4.11. The minimum Gasteiger partial charge on any atom is -0.377 e. The smallest absolute Gasteiger partial charge is 0.0702 e. The van der Waals surface area contributed by atoms with Crippen LogP contribution in [0.2, 0.25) is 0 Å². The summed E-state index contributed by atoms with van der Waals surface area (Å²) in [5.74, 6) is 0.801. The molecule has 2 N–H and O–H groups in total. The van der Waals surface area contributed by atoms with E-state index in [9.17, 15) is 0 Å². The summed E-state index contributed by atoms with van der Waals surface area (Å²) in [5.41, 5.74) is 6.11. The minimum absolute atomic E-state index is 0.381. The van der Waals surface area contributed by atoms with Crippen molar-refractivity contribution >= 4 is 0 Å². The summed E-state index contributed by atoms with van der Waals surface area (Å²) in [5, 5.41) is 0. The van der Waals surface area contributed by atoms with E-state index in [0.717, 1.165) is 25.5 Å². The van der Waals surface area contributed by atoms with Crippen molar-refractivity contribution in [2.75, 3.05) is 20.2 Å². The molecule has 2 aliphatic rings. The second kappa shape index (κ2) is 4.17. The Morgan fingerprint density at radius 2 is 2.14 bits per heavy atom. The van der Waals surface area contributed by atoms with Gasteiger partial charge in [-0.3, -0.25) is 4.90 Å². The topological polar surface area (TPSA) is 38.5 Å². The summed E-state index contributed by atoms with van der Waals surface area (Å²) in [4.78, 5) is 2.39. The maximum Gasteiger partial charge on any atom is 0.0702 e. The first kappa shape index (κ1) is 10.4. The van der Waals surface area contributed by atoms with Crippen molar-refractivity contribution in [3.63, 3.8) is 0 Å². The summed E-state index contributed by atoms with van der Waals surface area (Å²) in [6.07, 6.45) is 4.22. The molecule has 3 heteroatoms. The molecule has 0 radical (unpaired) electrons. The summed E-state index contributed by atoms with van der Waals surface area (Å²) >= 11 is 0. The highest BCUT2D eigenvalue weighted by Gasteiger charge is 2.33. The molecular formula is C11H22N2O. The van der Waals surface area contributed by atoms with Crippen molar-refractivity contribution in [1.82, 2.24) is 4.90 Å². The Balaban J connectivity index is 1.78. The van der Waals surface area contributed by atoms with E-state index in [-0.39, 0.29) is 0 Å². The third kappa shape index (κ3) is 2.27. The fraction of sp³-hybridized carbons (Fsp3) is 1.00. The van der Waals surface area contributed by atoms with E-state index in [1.165, 1.54) is 12.8 Å². The molecule has 3 atom stereocenters. The van der Waals surface area contributed by atoms with Crippen LogP contribution >= 0.6 is 0 Å². The number of ether oxygens (including phenoxy) is 1. The lowest BCUT2D eigenvalue weighted by atomic mass is 10.1. The van der Waals surface area contributed by atoms with Crippen LogP contribution in [0.15, 0.2) is 0 Å². The van der Waals surface area contributed by atoms with Crippen molar-refractivity contribution < 1.29 is 4.74 Å². The Hall–Kier alpha value is -0.120. The lowest BCUT2D eigenvalue weighted by Crippen LogP contribution is -2.44. The Kier molecular flexibility index (Phi) is 3.10. The molecule has 82 valence electrons. The fourth-order valence-corrected chi connectivity index (χ4v) is 2.44. The summed E-state index contributed by atoms with van der Waals surface area (Å²) in [6, 6.07) is 0.965. The molecule has 0 spiro atoms. The van der Waals surface area contributed by atoms with Gasteiger partial charge < -0.3 is 10.5 Å². The number of hydrogen-bond acceptors (Lipinski definition) is 3. The van der Waals surface area contributed by atoms with E-state index < -0.39 is 0 Å². The van der Waals surface area contributed by atoms with E-state index in [0.29, 0.717) is 18.2 Å². The number of nitrogens with two attached hydrogens (primary N) is 1. The van der Waals surface area contributed by atoms with E-state index in [1.54, 1.807) is 0 Å². The number of hydrogen-bond donors (Lipinski definition) is 1. The van der Waals surface area contributed by atoms with Crippen LogP contribution in [-0.4, -0.2) is 43.3 Å². The van der Waals surface area contributed by atoms with Crippen molar-refractivity contribution in [2.24, 2.45) is 11.7 Å². The summed E-state index contributed by atoms with van der Waals surface area (Å²) in [7, 11) is 2.18. The zero-order chi connectivity index (χ0) is 10.1. The molecule has 0 aromatic carbocycles. The second-order valence-corrected chi connectivity index (χ2v) is 4.87. The van der Waals surface area contributed by atoms with Crippen molar-refractivity contribution in [1.29, 1.82) is 0 Å². The lowest BCUT2D eigenvalue weighted by Gasteiger charge is -2.29. The predicted octanol–water partition coefficient (Wildman–Crippen LogP) is 0.833. The fourth-order valence-electron chi connectivity index (χ4n) is 2.44. The Morgan fingerprint density at radius 3 is 2.64 bits per heavy atom. The molecule has 0 aromatic rings. The van der Waals surface area contributed by atoms with Crippen molar-refractivity contribution in [3.05, 3.63) is 0 Å². The lowest BCUT2D eigenvalue weighted by molar-refractivity contribution is 0.0810. The highest BCUT2D eigenvalue weighted by molar-refractivity contribution is 4.88. The van der Waals surface area contributed by atoms with Crippen LogP contribution in [0.1, 0.15) is 26.2 Å². The van der Waals surface area contributed by atoms with E-state index in [2.05, 4.69) is 18.9 Å². The molecule has 1 heterocycles. The van der Waals surface area contributed by atoms with Crippen LogP contribution in [0.25, 0.3) is 0 Å². The van der Waals surface area contributed by atoms with Crippen LogP contribution in [0, 0.1) is 5.92 Å². The molecule has 1 aliphatic carbocycles. The van der Waals surface area contributed by atoms with Crippen molar-refractivity contribution in [2.45, 2.75) is 44.4 Å². The average Bonchev–Trinajstić information content (AvgIpc) is 2.89. The molecule has 2 rings (SSSR count). The van der Waals surface area contributed by atoms with Gasteiger partial charge in [-0.25, -0.2) is 0 Å². The molecule has 0 bridgehead atoms. The first-order chi connectivity index (χ1) is 6.68. The van der Waals surface area contributed by atoms with Crippen LogP contribution in [0.3, 0.4) is 0 Å². The molecule has 1 saturated carbocycles. The van der Waals surface area contributed by atoms with Gasteiger partial charge in [-0.2, -0.15) is 0 Å². The number of nitrogens with zero attached hydrogens (tertiary/aromatic N) is 1. The molecule has 0 amide bonds. The standard InChI is InChI=1S/C11H22N2O/c1-8-11(5-6-14-8)13(2)7-10(12)9-3-4-9/h8-11H,3-7,12H2,1-2H3. The SMILES string of the molecule is CC1OCCC1N(C)CC(N)C1CC1. The molecule has 3 unspecified atom stereocenters.